The first-order valence-corrected chi connectivity index (χ1v) is 5.02. The number of nitrogens with two attached hydrogens (primary N) is 1. The lowest BCUT2D eigenvalue weighted by atomic mass is 10.1. The normalized spacial score (nSPS) is 10.9. The molecule has 0 unspecified atom stereocenters. The first-order chi connectivity index (χ1) is 7.45. The monoisotopic (exact) mass is 218 g/mol. The van der Waals surface area contributed by atoms with E-state index in [4.69, 9.17) is 10.8 Å². The lowest BCUT2D eigenvalue weighted by Gasteiger charge is -2.04. The van der Waals surface area contributed by atoms with Gasteiger partial charge in [-0.25, -0.2) is 4.79 Å². The number of hydrogen-bond acceptors (Lipinski definition) is 2. The first-order valence-electron chi connectivity index (χ1n) is 5.02. The van der Waals surface area contributed by atoms with Crippen LogP contribution in [0.15, 0.2) is 12.1 Å². The summed E-state index contributed by atoms with van der Waals surface area (Å²) in [6.45, 7) is 3.92. The van der Waals surface area contributed by atoms with Crippen LogP contribution in [0, 0.1) is 13.8 Å². The summed E-state index contributed by atoms with van der Waals surface area (Å²) in [7, 11) is 1.86. The minimum absolute atomic E-state index is 0.294. The molecule has 1 aromatic carbocycles. The Bertz CT molecular complexity index is 597. The number of nitrogens with zero attached hydrogens (tertiary/aromatic N) is 1. The Balaban J connectivity index is 3.04. The SMILES string of the molecule is Cc1c(C)n(C)c2c(C(=O)O)ccc(N)c12. The molecule has 2 aromatic rings. The number of carboxylic acids is 1. The van der Waals surface area contributed by atoms with Crippen molar-refractivity contribution in [2.75, 3.05) is 5.73 Å². The zero-order valence-electron chi connectivity index (χ0n) is 9.53. The highest BCUT2D eigenvalue weighted by Crippen LogP contribution is 2.31. The van der Waals surface area contributed by atoms with E-state index in [2.05, 4.69) is 0 Å². The number of hydrogen-bond donors (Lipinski definition) is 2. The summed E-state index contributed by atoms with van der Waals surface area (Å²) in [5.41, 5.74) is 9.60. The molecule has 1 heterocycles. The van der Waals surface area contributed by atoms with E-state index < -0.39 is 5.97 Å². The van der Waals surface area contributed by atoms with Gasteiger partial charge in [0.2, 0.25) is 0 Å². The molecule has 0 fully saturated rings. The zero-order chi connectivity index (χ0) is 12.0. The number of aromatic nitrogens is 1. The molecule has 4 heteroatoms. The number of rotatable bonds is 1. The summed E-state index contributed by atoms with van der Waals surface area (Å²) in [5, 5.41) is 9.99. The highest BCUT2D eigenvalue weighted by molar-refractivity contribution is 6.07. The van der Waals surface area contributed by atoms with E-state index in [-0.39, 0.29) is 0 Å². The van der Waals surface area contributed by atoms with E-state index in [9.17, 15) is 4.79 Å². The average Bonchev–Trinajstić information content (AvgIpc) is 2.45. The number of carboxylic acid groups (broad SMARTS) is 1. The maximum atomic E-state index is 11.1. The van der Waals surface area contributed by atoms with Gasteiger partial charge in [0, 0.05) is 23.8 Å². The number of fused-ring (bicyclic) bond motifs is 1. The highest BCUT2D eigenvalue weighted by atomic mass is 16.4. The molecule has 4 nitrogen and oxygen atoms in total. The second kappa shape index (κ2) is 3.27. The van der Waals surface area contributed by atoms with Gasteiger partial charge in [0.15, 0.2) is 0 Å². The standard InChI is InChI=1S/C12H14N2O2/c1-6-7(2)14(3)11-8(12(15)16)4-5-9(13)10(6)11/h4-5H,13H2,1-3H3,(H,15,16). The van der Waals surface area contributed by atoms with Crippen molar-refractivity contribution in [1.29, 1.82) is 0 Å². The summed E-state index contributed by atoms with van der Waals surface area (Å²) in [4.78, 5) is 11.1. The average molecular weight is 218 g/mol. The van der Waals surface area contributed by atoms with Crippen molar-refractivity contribution >= 4 is 22.6 Å². The Morgan fingerprint density at radius 1 is 1.38 bits per heavy atom. The molecule has 3 N–H and O–H groups in total. The topological polar surface area (TPSA) is 68.2 Å². The third-order valence-corrected chi connectivity index (χ3v) is 3.20. The number of aryl methyl sites for hydroxylation is 2. The molecule has 16 heavy (non-hydrogen) atoms. The van der Waals surface area contributed by atoms with Gasteiger partial charge in [0.1, 0.15) is 0 Å². The van der Waals surface area contributed by atoms with E-state index in [1.54, 1.807) is 12.1 Å². The third-order valence-electron chi connectivity index (χ3n) is 3.20. The van der Waals surface area contributed by atoms with Gasteiger partial charge in [-0.15, -0.1) is 0 Å². The fraction of sp³-hybridized carbons (Fsp3) is 0.250. The predicted molar refractivity (Wildman–Crippen MR) is 63.8 cm³/mol. The van der Waals surface area contributed by atoms with Crippen LogP contribution in [-0.2, 0) is 7.05 Å². The summed E-state index contributed by atoms with van der Waals surface area (Å²) in [6.07, 6.45) is 0. The van der Waals surface area contributed by atoms with Crippen molar-refractivity contribution in [2.24, 2.45) is 7.05 Å². The molecular formula is C12H14N2O2. The Labute approximate surface area is 93.3 Å². The van der Waals surface area contributed by atoms with Gasteiger partial charge in [0.05, 0.1) is 11.1 Å². The lowest BCUT2D eigenvalue weighted by Crippen LogP contribution is -2.02. The number of carbonyl (C=O) groups is 1. The number of anilines is 1. The summed E-state index contributed by atoms with van der Waals surface area (Å²) in [5.74, 6) is -0.925. The van der Waals surface area contributed by atoms with Gasteiger partial charge < -0.3 is 15.4 Å². The largest absolute Gasteiger partial charge is 0.478 e. The molecule has 0 spiro atoms. The molecule has 0 saturated carbocycles. The smallest absolute Gasteiger partial charge is 0.337 e. The Kier molecular flexibility index (Phi) is 2.15. The lowest BCUT2D eigenvalue weighted by molar-refractivity contribution is 0.0698. The van der Waals surface area contributed by atoms with Crippen LogP contribution in [0.25, 0.3) is 10.9 Å². The van der Waals surface area contributed by atoms with Crippen molar-refractivity contribution in [1.82, 2.24) is 4.57 Å². The maximum absolute atomic E-state index is 11.1. The minimum Gasteiger partial charge on any atom is -0.478 e. The predicted octanol–water partition coefficient (Wildman–Crippen LogP) is 2.08. The minimum atomic E-state index is -0.925. The van der Waals surface area contributed by atoms with Gasteiger partial charge in [-0.1, -0.05) is 0 Å². The zero-order valence-corrected chi connectivity index (χ0v) is 9.53. The molecular weight excluding hydrogens is 204 g/mol. The first kappa shape index (κ1) is 10.5. The molecule has 0 saturated heterocycles. The van der Waals surface area contributed by atoms with Gasteiger partial charge in [0.25, 0.3) is 0 Å². The Morgan fingerprint density at radius 3 is 2.56 bits per heavy atom. The van der Waals surface area contributed by atoms with Crippen LogP contribution >= 0.6 is 0 Å². The molecule has 2 rings (SSSR count). The number of nitrogen functional groups attached to an aromatic ring is 1. The Morgan fingerprint density at radius 2 is 2.00 bits per heavy atom. The van der Waals surface area contributed by atoms with Gasteiger partial charge in [-0.3, -0.25) is 0 Å². The molecule has 0 aliphatic rings. The van der Waals surface area contributed by atoms with Crippen molar-refractivity contribution in [3.63, 3.8) is 0 Å². The van der Waals surface area contributed by atoms with E-state index in [0.717, 1.165) is 16.6 Å². The van der Waals surface area contributed by atoms with Gasteiger partial charge in [-0.05, 0) is 31.5 Å². The van der Waals surface area contributed by atoms with Gasteiger partial charge >= 0.3 is 5.97 Å². The fourth-order valence-corrected chi connectivity index (χ4v) is 2.12. The molecule has 0 amide bonds. The molecule has 0 radical (unpaired) electrons. The van der Waals surface area contributed by atoms with Crippen molar-refractivity contribution in [3.05, 3.63) is 29.0 Å². The van der Waals surface area contributed by atoms with Crippen LogP contribution in [0.2, 0.25) is 0 Å². The van der Waals surface area contributed by atoms with E-state index in [1.165, 1.54) is 0 Å². The van der Waals surface area contributed by atoms with E-state index in [1.807, 2.05) is 25.5 Å². The number of benzene rings is 1. The molecule has 1 aromatic heterocycles. The van der Waals surface area contributed by atoms with Crippen LogP contribution in [-0.4, -0.2) is 15.6 Å². The fourth-order valence-electron chi connectivity index (χ4n) is 2.12. The van der Waals surface area contributed by atoms with Crippen LogP contribution in [0.5, 0.6) is 0 Å². The van der Waals surface area contributed by atoms with Crippen LogP contribution in [0.4, 0.5) is 5.69 Å². The van der Waals surface area contributed by atoms with Crippen molar-refractivity contribution in [3.8, 4) is 0 Å². The molecule has 0 aliphatic heterocycles. The molecule has 0 aliphatic carbocycles. The van der Waals surface area contributed by atoms with Gasteiger partial charge in [-0.2, -0.15) is 0 Å². The third kappa shape index (κ3) is 1.19. The quantitative estimate of drug-likeness (QED) is 0.720. The Hall–Kier alpha value is -1.97. The van der Waals surface area contributed by atoms with E-state index in [0.29, 0.717) is 16.8 Å². The van der Waals surface area contributed by atoms with Crippen LogP contribution in [0.3, 0.4) is 0 Å². The summed E-state index contributed by atoms with van der Waals surface area (Å²) >= 11 is 0. The highest BCUT2D eigenvalue weighted by Gasteiger charge is 2.17. The number of aromatic carboxylic acids is 1. The second-order valence-electron chi connectivity index (χ2n) is 4.00. The van der Waals surface area contributed by atoms with Crippen LogP contribution in [0.1, 0.15) is 21.6 Å². The summed E-state index contributed by atoms with van der Waals surface area (Å²) in [6, 6.07) is 3.21. The maximum Gasteiger partial charge on any atom is 0.337 e. The van der Waals surface area contributed by atoms with E-state index >= 15 is 0 Å². The second-order valence-corrected chi connectivity index (χ2v) is 4.00. The molecule has 84 valence electrons. The summed E-state index contributed by atoms with van der Waals surface area (Å²) < 4.78 is 1.88. The molecule has 0 bridgehead atoms. The van der Waals surface area contributed by atoms with Crippen molar-refractivity contribution < 1.29 is 9.90 Å². The van der Waals surface area contributed by atoms with Crippen LogP contribution < -0.4 is 5.73 Å². The van der Waals surface area contributed by atoms with Crippen molar-refractivity contribution in [2.45, 2.75) is 13.8 Å². The molecule has 0 atom stereocenters.